The summed E-state index contributed by atoms with van der Waals surface area (Å²) >= 11 is 0. The Bertz CT molecular complexity index is 1180. The maximum atomic E-state index is 13.7. The van der Waals surface area contributed by atoms with E-state index in [1.807, 2.05) is 30.5 Å². The number of aromatic hydroxyl groups is 1. The molecule has 0 fully saturated rings. The second-order valence-corrected chi connectivity index (χ2v) is 15.7. The minimum Gasteiger partial charge on any atom is -0.504 e. The number of hydrogen-bond acceptors (Lipinski definition) is 7. The van der Waals surface area contributed by atoms with E-state index in [-0.39, 0.29) is 52.3 Å². The Kier molecular flexibility index (Phi) is 8.39. The molecule has 8 nitrogen and oxygen atoms in total. The van der Waals surface area contributed by atoms with Crippen LogP contribution in [0.2, 0.25) is 18.1 Å². The molecule has 37 heavy (non-hydrogen) atoms. The van der Waals surface area contributed by atoms with Gasteiger partial charge in [0.1, 0.15) is 6.61 Å². The van der Waals surface area contributed by atoms with Crippen molar-refractivity contribution < 1.29 is 28.6 Å². The van der Waals surface area contributed by atoms with Crippen molar-refractivity contribution in [3.63, 3.8) is 0 Å². The van der Waals surface area contributed by atoms with Gasteiger partial charge in [-0.05, 0) is 47.3 Å². The SMILES string of the molecule is COc1cc(C(=O)N2C=C(c3ccc(COC(C)=O)cc3)CC2CO[Si](C)(C)C(C)(C)C)c(N)cc1O. The van der Waals surface area contributed by atoms with Gasteiger partial charge in [0, 0.05) is 24.9 Å². The van der Waals surface area contributed by atoms with E-state index in [2.05, 4.69) is 33.9 Å². The number of hydrogen-bond donors (Lipinski definition) is 2. The predicted octanol–water partition coefficient (Wildman–Crippen LogP) is 5.32. The van der Waals surface area contributed by atoms with Gasteiger partial charge in [-0.25, -0.2) is 0 Å². The van der Waals surface area contributed by atoms with Gasteiger partial charge in [0.05, 0.1) is 25.3 Å². The van der Waals surface area contributed by atoms with Crippen LogP contribution in [0.15, 0.2) is 42.6 Å². The summed E-state index contributed by atoms with van der Waals surface area (Å²) in [4.78, 5) is 26.5. The molecule has 0 spiro atoms. The van der Waals surface area contributed by atoms with Gasteiger partial charge in [0.25, 0.3) is 5.91 Å². The van der Waals surface area contributed by atoms with Gasteiger partial charge in [0.15, 0.2) is 19.8 Å². The van der Waals surface area contributed by atoms with Crippen LogP contribution in [-0.4, -0.2) is 50.0 Å². The van der Waals surface area contributed by atoms with Crippen molar-refractivity contribution in [2.75, 3.05) is 19.5 Å². The predicted molar refractivity (Wildman–Crippen MR) is 147 cm³/mol. The van der Waals surface area contributed by atoms with Crippen LogP contribution in [-0.2, 0) is 20.6 Å². The summed E-state index contributed by atoms with van der Waals surface area (Å²) in [5.74, 6) is -0.563. The van der Waals surface area contributed by atoms with Gasteiger partial charge in [-0.1, -0.05) is 45.0 Å². The fourth-order valence-corrected chi connectivity index (χ4v) is 4.87. The average molecular weight is 527 g/mol. The van der Waals surface area contributed by atoms with E-state index in [0.29, 0.717) is 13.0 Å². The zero-order chi connectivity index (χ0) is 27.5. The molecule has 0 radical (unpaired) electrons. The summed E-state index contributed by atoms with van der Waals surface area (Å²) < 4.78 is 16.8. The molecule has 1 amide bonds. The van der Waals surface area contributed by atoms with E-state index in [1.54, 1.807) is 4.90 Å². The fourth-order valence-electron chi connectivity index (χ4n) is 3.83. The second-order valence-electron chi connectivity index (χ2n) is 10.9. The summed E-state index contributed by atoms with van der Waals surface area (Å²) in [7, 11) is -0.632. The van der Waals surface area contributed by atoms with E-state index in [1.165, 1.54) is 26.2 Å². The third kappa shape index (κ3) is 6.53. The number of nitrogens with zero attached hydrogens (tertiary/aromatic N) is 1. The first-order valence-electron chi connectivity index (χ1n) is 12.3. The normalized spacial score (nSPS) is 15.9. The highest BCUT2D eigenvalue weighted by Gasteiger charge is 2.39. The van der Waals surface area contributed by atoms with Crippen molar-refractivity contribution >= 4 is 31.5 Å². The lowest BCUT2D eigenvalue weighted by Gasteiger charge is -2.38. The maximum absolute atomic E-state index is 13.7. The van der Waals surface area contributed by atoms with Crippen LogP contribution in [0.4, 0.5) is 5.69 Å². The van der Waals surface area contributed by atoms with Gasteiger partial charge < -0.3 is 29.6 Å². The van der Waals surface area contributed by atoms with Gasteiger partial charge in [-0.3, -0.25) is 9.59 Å². The smallest absolute Gasteiger partial charge is 0.302 e. The number of phenols is 1. The van der Waals surface area contributed by atoms with Gasteiger partial charge >= 0.3 is 5.97 Å². The molecule has 0 saturated carbocycles. The number of anilines is 1. The van der Waals surface area contributed by atoms with Crippen LogP contribution in [0, 0.1) is 0 Å². The van der Waals surface area contributed by atoms with Crippen molar-refractivity contribution in [1.29, 1.82) is 0 Å². The molecular weight excluding hydrogens is 488 g/mol. The lowest BCUT2D eigenvalue weighted by atomic mass is 10.0. The number of methoxy groups -OCH3 is 1. The molecule has 2 aromatic rings. The molecular formula is C28H38N2O6Si. The van der Waals surface area contributed by atoms with E-state index in [0.717, 1.165) is 16.7 Å². The first-order chi connectivity index (χ1) is 17.2. The quantitative estimate of drug-likeness (QED) is 0.272. The monoisotopic (exact) mass is 526 g/mol. The Morgan fingerprint density at radius 2 is 1.81 bits per heavy atom. The number of ether oxygens (including phenoxy) is 2. The van der Waals surface area contributed by atoms with Crippen LogP contribution >= 0.6 is 0 Å². The number of nitrogens with two attached hydrogens (primary N) is 1. The van der Waals surface area contributed by atoms with E-state index in [4.69, 9.17) is 19.6 Å². The summed E-state index contributed by atoms with van der Waals surface area (Å²) in [6.45, 7) is 12.9. The van der Waals surface area contributed by atoms with Crippen molar-refractivity contribution in [2.45, 2.75) is 64.9 Å². The molecule has 1 heterocycles. The fraction of sp³-hybridized carbons (Fsp3) is 0.429. The lowest BCUT2D eigenvalue weighted by Crippen LogP contribution is -2.45. The molecule has 1 atom stereocenters. The molecule has 0 aliphatic carbocycles. The third-order valence-electron chi connectivity index (χ3n) is 7.17. The molecule has 1 aliphatic heterocycles. The number of amides is 1. The minimum atomic E-state index is -2.06. The number of esters is 1. The second kappa shape index (κ2) is 11.0. The summed E-state index contributed by atoms with van der Waals surface area (Å²) in [5.41, 5.74) is 9.39. The van der Waals surface area contributed by atoms with Crippen LogP contribution in [0.3, 0.4) is 0 Å². The van der Waals surface area contributed by atoms with Crippen molar-refractivity contribution in [3.05, 3.63) is 59.3 Å². The van der Waals surface area contributed by atoms with Crippen molar-refractivity contribution in [1.82, 2.24) is 4.90 Å². The number of nitrogen functional groups attached to an aromatic ring is 1. The van der Waals surface area contributed by atoms with Crippen molar-refractivity contribution in [2.24, 2.45) is 0 Å². The molecule has 3 N–H and O–H groups in total. The number of carbonyl (C=O) groups excluding carboxylic acids is 2. The van der Waals surface area contributed by atoms with Crippen LogP contribution in [0.5, 0.6) is 11.5 Å². The topological polar surface area (TPSA) is 111 Å². The molecule has 3 rings (SSSR count). The molecule has 1 aliphatic rings. The summed E-state index contributed by atoms with van der Waals surface area (Å²) in [6, 6.07) is 10.3. The molecule has 0 saturated heterocycles. The Morgan fingerprint density at radius 3 is 2.38 bits per heavy atom. The molecule has 0 aromatic heterocycles. The Balaban J connectivity index is 1.92. The first-order valence-corrected chi connectivity index (χ1v) is 15.2. The zero-order valence-corrected chi connectivity index (χ0v) is 23.8. The molecule has 0 bridgehead atoms. The van der Waals surface area contributed by atoms with Gasteiger partial charge in [-0.2, -0.15) is 0 Å². The molecule has 9 heteroatoms. The third-order valence-corrected chi connectivity index (χ3v) is 11.7. The number of rotatable bonds is 8. The Morgan fingerprint density at radius 1 is 1.16 bits per heavy atom. The zero-order valence-electron chi connectivity index (χ0n) is 22.8. The summed E-state index contributed by atoms with van der Waals surface area (Å²) in [6.07, 6.45) is 2.46. The van der Waals surface area contributed by atoms with E-state index < -0.39 is 8.32 Å². The molecule has 1 unspecified atom stereocenters. The molecule has 2 aromatic carbocycles. The number of carbonyl (C=O) groups is 2. The summed E-state index contributed by atoms with van der Waals surface area (Å²) in [5, 5.41) is 10.1. The van der Waals surface area contributed by atoms with Crippen LogP contribution in [0.25, 0.3) is 5.57 Å². The van der Waals surface area contributed by atoms with Crippen molar-refractivity contribution in [3.8, 4) is 11.5 Å². The Hall–Kier alpha value is -3.30. The first kappa shape index (κ1) is 28.3. The minimum absolute atomic E-state index is 0.0310. The Labute approximate surface area is 220 Å². The molecule has 200 valence electrons. The largest absolute Gasteiger partial charge is 0.504 e. The van der Waals surface area contributed by atoms with Crippen LogP contribution < -0.4 is 10.5 Å². The standard InChI is InChI=1S/C28H38N2O6Si/c1-18(31)35-16-19-8-10-20(11-9-19)21-12-22(17-36-37(6,7)28(2,3)4)30(15-21)27(33)23-13-26(34-5)25(32)14-24(23)29/h8-11,13-15,22,32H,12,16-17,29H2,1-7H3. The average Bonchev–Trinajstić information content (AvgIpc) is 3.25. The van der Waals surface area contributed by atoms with E-state index >= 15 is 0 Å². The highest BCUT2D eigenvalue weighted by atomic mass is 28.4. The highest BCUT2D eigenvalue weighted by molar-refractivity contribution is 6.74. The number of benzene rings is 2. The lowest BCUT2D eigenvalue weighted by molar-refractivity contribution is -0.142. The maximum Gasteiger partial charge on any atom is 0.302 e. The van der Waals surface area contributed by atoms with Gasteiger partial charge in [0.2, 0.25) is 0 Å². The number of phenolic OH excluding ortho intramolecular Hbond substituents is 1. The highest BCUT2D eigenvalue weighted by Crippen LogP contribution is 2.39. The van der Waals surface area contributed by atoms with Crippen LogP contribution in [0.1, 0.15) is 55.6 Å². The van der Waals surface area contributed by atoms with Gasteiger partial charge in [-0.15, -0.1) is 0 Å². The van der Waals surface area contributed by atoms with E-state index in [9.17, 15) is 14.7 Å².